The van der Waals surface area contributed by atoms with Gasteiger partial charge in [0.1, 0.15) is 0 Å². The van der Waals surface area contributed by atoms with E-state index in [2.05, 4.69) is 4.98 Å². The van der Waals surface area contributed by atoms with Gasteiger partial charge in [-0.1, -0.05) is 0 Å². The van der Waals surface area contributed by atoms with Gasteiger partial charge in [-0.05, 0) is 6.42 Å². The lowest BCUT2D eigenvalue weighted by atomic mass is 9.98. The number of carboxylic acid groups (broad SMARTS) is 1. The van der Waals surface area contributed by atoms with Gasteiger partial charge in [-0.2, -0.15) is 0 Å². The van der Waals surface area contributed by atoms with Gasteiger partial charge < -0.3 is 10.0 Å². The highest BCUT2D eigenvalue weighted by Gasteiger charge is 2.30. The molecule has 16 heavy (non-hydrogen) atoms. The second-order valence-electron chi connectivity index (χ2n) is 3.83. The molecule has 6 heteroatoms. The van der Waals surface area contributed by atoms with Crippen LogP contribution in [0.1, 0.15) is 18.5 Å². The van der Waals surface area contributed by atoms with E-state index in [9.17, 15) is 9.59 Å². The van der Waals surface area contributed by atoms with Crippen LogP contribution in [0.3, 0.4) is 0 Å². The van der Waals surface area contributed by atoms with Crippen molar-refractivity contribution in [2.24, 2.45) is 5.92 Å². The minimum atomic E-state index is -0.823. The molecule has 1 aliphatic rings. The van der Waals surface area contributed by atoms with E-state index in [1.54, 1.807) is 10.4 Å². The number of nitrogens with zero attached hydrogens (tertiary/aromatic N) is 2. The normalized spacial score (nSPS) is 21.1. The van der Waals surface area contributed by atoms with Crippen molar-refractivity contribution >= 4 is 23.2 Å². The summed E-state index contributed by atoms with van der Waals surface area (Å²) in [5.74, 6) is -1.24. The first-order chi connectivity index (χ1) is 7.66. The zero-order chi connectivity index (χ0) is 11.5. The molecule has 1 atom stereocenters. The molecule has 0 bridgehead atoms. The lowest BCUT2D eigenvalue weighted by Crippen LogP contribution is -2.42. The maximum Gasteiger partial charge on any atom is 0.308 e. The maximum absolute atomic E-state index is 11.6. The van der Waals surface area contributed by atoms with Crippen LogP contribution in [-0.2, 0) is 16.1 Å². The lowest BCUT2D eigenvalue weighted by Gasteiger charge is -2.30. The largest absolute Gasteiger partial charge is 0.481 e. The molecular formula is C10H12N2O3S. The zero-order valence-corrected chi connectivity index (χ0v) is 9.44. The van der Waals surface area contributed by atoms with Gasteiger partial charge in [-0.25, -0.2) is 4.98 Å². The number of aromatic nitrogens is 1. The van der Waals surface area contributed by atoms with Gasteiger partial charge in [0.05, 0.1) is 23.7 Å². The summed E-state index contributed by atoms with van der Waals surface area (Å²) in [6.45, 7) is 0.720. The molecule has 1 saturated heterocycles. The van der Waals surface area contributed by atoms with Crippen molar-refractivity contribution in [3.05, 3.63) is 16.6 Å². The Morgan fingerprint density at radius 2 is 2.50 bits per heavy atom. The van der Waals surface area contributed by atoms with Crippen LogP contribution in [0, 0.1) is 5.92 Å². The van der Waals surface area contributed by atoms with Crippen molar-refractivity contribution < 1.29 is 14.7 Å². The predicted octanol–water partition coefficient (Wildman–Crippen LogP) is 0.966. The van der Waals surface area contributed by atoms with E-state index >= 15 is 0 Å². The van der Waals surface area contributed by atoms with Crippen molar-refractivity contribution in [3.63, 3.8) is 0 Å². The second-order valence-corrected chi connectivity index (χ2v) is 4.55. The molecule has 0 spiro atoms. The third kappa shape index (κ3) is 2.38. The molecule has 1 aromatic heterocycles. The Bertz CT molecular complexity index is 391. The Morgan fingerprint density at radius 1 is 1.69 bits per heavy atom. The minimum absolute atomic E-state index is 0.0190. The molecule has 86 valence electrons. The molecule has 0 aromatic carbocycles. The number of amides is 1. The van der Waals surface area contributed by atoms with Crippen LogP contribution in [0.5, 0.6) is 0 Å². The maximum atomic E-state index is 11.6. The minimum Gasteiger partial charge on any atom is -0.481 e. The Labute approximate surface area is 96.7 Å². The average molecular weight is 240 g/mol. The van der Waals surface area contributed by atoms with Crippen molar-refractivity contribution in [1.29, 1.82) is 0 Å². The summed E-state index contributed by atoms with van der Waals surface area (Å²) in [6, 6.07) is 0. The van der Waals surface area contributed by atoms with Gasteiger partial charge in [0.25, 0.3) is 0 Å². The first-order valence-corrected chi connectivity index (χ1v) is 5.98. The number of aliphatic carboxylic acids is 1. The first-order valence-electron chi connectivity index (χ1n) is 5.04. The lowest BCUT2D eigenvalue weighted by molar-refractivity contribution is -0.147. The number of carbonyl (C=O) groups is 2. The third-order valence-corrected chi connectivity index (χ3v) is 3.32. The van der Waals surface area contributed by atoms with E-state index in [1.807, 2.05) is 5.38 Å². The number of likely N-dealkylation sites (tertiary alicyclic amines) is 1. The quantitative estimate of drug-likeness (QED) is 0.854. The number of rotatable bonds is 3. The van der Waals surface area contributed by atoms with Crippen LogP contribution in [-0.4, -0.2) is 33.4 Å². The number of thiazole rings is 1. The van der Waals surface area contributed by atoms with Crippen LogP contribution in [0.25, 0.3) is 0 Å². The van der Waals surface area contributed by atoms with Crippen molar-refractivity contribution in [2.45, 2.75) is 19.4 Å². The Balaban J connectivity index is 2.01. The Hall–Kier alpha value is -1.43. The van der Waals surface area contributed by atoms with Crippen LogP contribution < -0.4 is 0 Å². The SMILES string of the molecule is O=C(O)C1CCC(=O)N(Cc2cscn2)C1. The fourth-order valence-electron chi connectivity index (χ4n) is 1.78. The topological polar surface area (TPSA) is 70.5 Å². The summed E-state index contributed by atoms with van der Waals surface area (Å²) in [7, 11) is 0. The summed E-state index contributed by atoms with van der Waals surface area (Å²) in [6.07, 6.45) is 0.767. The zero-order valence-electron chi connectivity index (χ0n) is 8.63. The molecule has 2 rings (SSSR count). The third-order valence-electron chi connectivity index (χ3n) is 2.69. The molecule has 1 aromatic rings. The Kier molecular flexibility index (Phi) is 3.19. The molecule has 1 amide bonds. The van der Waals surface area contributed by atoms with E-state index in [1.165, 1.54) is 11.3 Å². The predicted molar refractivity (Wildman–Crippen MR) is 57.9 cm³/mol. The van der Waals surface area contributed by atoms with Gasteiger partial charge in [-0.15, -0.1) is 11.3 Å². The van der Waals surface area contributed by atoms with E-state index < -0.39 is 11.9 Å². The summed E-state index contributed by atoms with van der Waals surface area (Å²) in [5.41, 5.74) is 2.53. The molecular weight excluding hydrogens is 228 g/mol. The standard InChI is InChI=1S/C10H12N2O3S/c13-9-2-1-7(10(14)15)3-12(9)4-8-5-16-6-11-8/h5-7H,1-4H2,(H,14,15). The molecule has 0 saturated carbocycles. The molecule has 1 fully saturated rings. The molecule has 5 nitrogen and oxygen atoms in total. The summed E-state index contributed by atoms with van der Waals surface area (Å²) in [4.78, 5) is 28.1. The molecule has 1 N–H and O–H groups in total. The molecule has 0 aliphatic carbocycles. The van der Waals surface area contributed by atoms with Crippen LogP contribution in [0.4, 0.5) is 0 Å². The van der Waals surface area contributed by atoms with E-state index in [4.69, 9.17) is 5.11 Å². The fraction of sp³-hybridized carbons (Fsp3) is 0.500. The van der Waals surface area contributed by atoms with Gasteiger partial charge in [0.15, 0.2) is 0 Å². The van der Waals surface area contributed by atoms with Crippen LogP contribution in [0.2, 0.25) is 0 Å². The molecule has 1 aliphatic heterocycles. The fourth-order valence-corrected chi connectivity index (χ4v) is 2.33. The van der Waals surface area contributed by atoms with Gasteiger partial charge >= 0.3 is 5.97 Å². The van der Waals surface area contributed by atoms with Crippen LogP contribution in [0.15, 0.2) is 10.9 Å². The second kappa shape index (κ2) is 4.61. The number of hydrogen-bond acceptors (Lipinski definition) is 4. The van der Waals surface area contributed by atoms with Crippen molar-refractivity contribution in [2.75, 3.05) is 6.54 Å². The monoisotopic (exact) mass is 240 g/mol. The van der Waals surface area contributed by atoms with E-state index in [0.29, 0.717) is 25.9 Å². The summed E-state index contributed by atoms with van der Waals surface area (Å²) in [5, 5.41) is 10.8. The highest BCUT2D eigenvalue weighted by molar-refractivity contribution is 7.07. The summed E-state index contributed by atoms with van der Waals surface area (Å²) < 4.78 is 0. The van der Waals surface area contributed by atoms with Crippen molar-refractivity contribution in [3.8, 4) is 0 Å². The highest BCUT2D eigenvalue weighted by atomic mass is 32.1. The smallest absolute Gasteiger partial charge is 0.308 e. The number of piperidine rings is 1. The first kappa shape index (κ1) is 11.1. The van der Waals surface area contributed by atoms with Gasteiger partial charge in [0.2, 0.25) is 5.91 Å². The number of carbonyl (C=O) groups excluding carboxylic acids is 1. The molecule has 1 unspecified atom stereocenters. The summed E-state index contributed by atoms with van der Waals surface area (Å²) >= 11 is 1.47. The van der Waals surface area contributed by atoms with E-state index in [-0.39, 0.29) is 5.91 Å². The molecule has 2 heterocycles. The van der Waals surface area contributed by atoms with Crippen molar-refractivity contribution in [1.82, 2.24) is 9.88 Å². The highest BCUT2D eigenvalue weighted by Crippen LogP contribution is 2.19. The van der Waals surface area contributed by atoms with Gasteiger partial charge in [-0.3, -0.25) is 9.59 Å². The Morgan fingerprint density at radius 3 is 3.12 bits per heavy atom. The van der Waals surface area contributed by atoms with Crippen LogP contribution >= 0.6 is 11.3 Å². The number of carboxylic acids is 1. The average Bonchev–Trinajstić information content (AvgIpc) is 2.73. The molecule has 0 radical (unpaired) electrons. The van der Waals surface area contributed by atoms with E-state index in [0.717, 1.165) is 5.69 Å². The van der Waals surface area contributed by atoms with Gasteiger partial charge in [0, 0.05) is 18.3 Å². The number of hydrogen-bond donors (Lipinski definition) is 1.